The van der Waals surface area contributed by atoms with Crippen molar-refractivity contribution in [2.45, 2.75) is 19.9 Å². The summed E-state index contributed by atoms with van der Waals surface area (Å²) >= 11 is 0. The van der Waals surface area contributed by atoms with Crippen molar-refractivity contribution >= 4 is 5.82 Å². The van der Waals surface area contributed by atoms with Crippen molar-refractivity contribution in [1.29, 1.82) is 0 Å². The fraction of sp³-hybridized carbons (Fsp3) is 0.200. The van der Waals surface area contributed by atoms with Crippen molar-refractivity contribution in [3.63, 3.8) is 0 Å². The van der Waals surface area contributed by atoms with Crippen LogP contribution in [0.1, 0.15) is 24.4 Å². The van der Waals surface area contributed by atoms with Crippen molar-refractivity contribution in [3.8, 4) is 11.1 Å². The van der Waals surface area contributed by atoms with Gasteiger partial charge in [-0.3, -0.25) is 10.1 Å². The van der Waals surface area contributed by atoms with Crippen LogP contribution in [-0.2, 0) is 0 Å². The molecule has 2 N–H and O–H groups in total. The van der Waals surface area contributed by atoms with Crippen LogP contribution in [0.4, 0.5) is 5.82 Å². The summed E-state index contributed by atoms with van der Waals surface area (Å²) in [6.45, 7) is 3.95. The Morgan fingerprint density at radius 3 is 2.86 bits per heavy atom. The molecule has 6 nitrogen and oxygen atoms in total. The number of aromatic nitrogens is 5. The molecule has 0 aliphatic carbocycles. The van der Waals surface area contributed by atoms with Crippen LogP contribution in [0.2, 0.25) is 0 Å². The van der Waals surface area contributed by atoms with Crippen LogP contribution in [-0.4, -0.2) is 25.1 Å². The highest BCUT2D eigenvalue weighted by atomic mass is 15.1. The summed E-state index contributed by atoms with van der Waals surface area (Å²) in [6, 6.07) is 4.05. The van der Waals surface area contributed by atoms with Gasteiger partial charge in [0.1, 0.15) is 11.6 Å². The molecule has 0 bridgehead atoms. The Bertz CT molecular complexity index is 723. The number of anilines is 1. The number of rotatable bonds is 4. The van der Waals surface area contributed by atoms with Gasteiger partial charge in [0.15, 0.2) is 0 Å². The van der Waals surface area contributed by atoms with Gasteiger partial charge in [0, 0.05) is 35.9 Å². The number of nitrogens with one attached hydrogen (secondary N) is 2. The summed E-state index contributed by atoms with van der Waals surface area (Å²) < 4.78 is 0. The van der Waals surface area contributed by atoms with E-state index in [-0.39, 0.29) is 6.04 Å². The molecule has 0 fully saturated rings. The number of hydrogen-bond donors (Lipinski definition) is 2. The highest BCUT2D eigenvalue weighted by Gasteiger charge is 2.09. The Morgan fingerprint density at radius 2 is 2.10 bits per heavy atom. The van der Waals surface area contributed by atoms with E-state index in [2.05, 4.69) is 43.5 Å². The Hall–Kier alpha value is -2.76. The van der Waals surface area contributed by atoms with E-state index in [1.54, 1.807) is 12.4 Å². The third-order valence-corrected chi connectivity index (χ3v) is 3.23. The van der Waals surface area contributed by atoms with Crippen LogP contribution in [0.25, 0.3) is 11.1 Å². The molecule has 0 spiro atoms. The van der Waals surface area contributed by atoms with Gasteiger partial charge in [0.25, 0.3) is 0 Å². The molecule has 6 heteroatoms. The molecule has 0 saturated carbocycles. The molecule has 1 unspecified atom stereocenters. The predicted molar refractivity (Wildman–Crippen MR) is 80.6 cm³/mol. The summed E-state index contributed by atoms with van der Waals surface area (Å²) in [5.41, 5.74) is 3.15. The van der Waals surface area contributed by atoms with Crippen molar-refractivity contribution in [1.82, 2.24) is 25.1 Å². The van der Waals surface area contributed by atoms with Crippen LogP contribution in [0.15, 0.2) is 43.1 Å². The maximum Gasteiger partial charge on any atom is 0.130 e. The van der Waals surface area contributed by atoms with Crippen molar-refractivity contribution in [2.24, 2.45) is 0 Å². The Morgan fingerprint density at radius 1 is 1.19 bits per heavy atom. The SMILES string of the molecule is Cc1nccc(NC(C)c2cncc(-c3cn[nH]c3)c2)n1. The fourth-order valence-electron chi connectivity index (χ4n) is 2.10. The van der Waals surface area contributed by atoms with E-state index >= 15 is 0 Å². The van der Waals surface area contributed by atoms with Gasteiger partial charge in [-0.2, -0.15) is 5.10 Å². The molecule has 21 heavy (non-hydrogen) atoms. The van der Waals surface area contributed by atoms with Gasteiger partial charge in [-0.25, -0.2) is 9.97 Å². The lowest BCUT2D eigenvalue weighted by molar-refractivity contribution is 0.860. The van der Waals surface area contributed by atoms with Crippen LogP contribution in [0.5, 0.6) is 0 Å². The zero-order valence-corrected chi connectivity index (χ0v) is 11.9. The van der Waals surface area contributed by atoms with E-state index in [9.17, 15) is 0 Å². The minimum Gasteiger partial charge on any atom is -0.363 e. The average Bonchev–Trinajstić information content (AvgIpc) is 3.02. The molecule has 0 aliphatic heterocycles. The van der Waals surface area contributed by atoms with Gasteiger partial charge in [0.05, 0.1) is 12.2 Å². The molecule has 3 heterocycles. The van der Waals surface area contributed by atoms with Gasteiger partial charge in [0.2, 0.25) is 0 Å². The second-order valence-electron chi connectivity index (χ2n) is 4.85. The lowest BCUT2D eigenvalue weighted by Gasteiger charge is -2.15. The van der Waals surface area contributed by atoms with E-state index in [1.165, 1.54) is 0 Å². The van der Waals surface area contributed by atoms with Crippen LogP contribution in [0.3, 0.4) is 0 Å². The molecule has 0 saturated heterocycles. The first kappa shape index (κ1) is 13.2. The highest BCUT2D eigenvalue weighted by Crippen LogP contribution is 2.22. The highest BCUT2D eigenvalue weighted by molar-refractivity contribution is 5.61. The minimum absolute atomic E-state index is 0.0960. The van der Waals surface area contributed by atoms with Crippen molar-refractivity contribution < 1.29 is 0 Å². The van der Waals surface area contributed by atoms with Gasteiger partial charge >= 0.3 is 0 Å². The number of aryl methyl sites for hydroxylation is 1. The Labute approximate surface area is 122 Å². The standard InChI is InChI=1S/C15H16N6/c1-10(20-15-3-4-17-11(2)21-15)12-5-13(7-16-6-12)14-8-18-19-9-14/h3-10H,1-2H3,(H,18,19)(H,17,20,21). The molecule has 0 amide bonds. The first-order chi connectivity index (χ1) is 10.2. The Kier molecular flexibility index (Phi) is 3.59. The van der Waals surface area contributed by atoms with E-state index in [0.717, 1.165) is 28.3 Å². The van der Waals surface area contributed by atoms with Gasteiger partial charge in [-0.15, -0.1) is 0 Å². The predicted octanol–water partition coefficient (Wildman–Crippen LogP) is 2.74. The van der Waals surface area contributed by atoms with Gasteiger partial charge < -0.3 is 5.32 Å². The lowest BCUT2D eigenvalue weighted by Crippen LogP contribution is -2.09. The largest absolute Gasteiger partial charge is 0.363 e. The van der Waals surface area contributed by atoms with Crippen LogP contribution >= 0.6 is 0 Å². The third-order valence-electron chi connectivity index (χ3n) is 3.23. The average molecular weight is 280 g/mol. The van der Waals surface area contributed by atoms with Gasteiger partial charge in [-0.1, -0.05) is 0 Å². The van der Waals surface area contributed by atoms with E-state index in [0.29, 0.717) is 0 Å². The van der Waals surface area contributed by atoms with Crippen molar-refractivity contribution in [3.05, 3.63) is 54.5 Å². The first-order valence-electron chi connectivity index (χ1n) is 6.72. The molecular weight excluding hydrogens is 264 g/mol. The van der Waals surface area contributed by atoms with Gasteiger partial charge in [-0.05, 0) is 31.5 Å². The summed E-state index contributed by atoms with van der Waals surface area (Å²) in [5, 5.41) is 10.1. The zero-order chi connectivity index (χ0) is 14.7. The molecule has 3 aromatic rings. The second kappa shape index (κ2) is 5.70. The topological polar surface area (TPSA) is 79.4 Å². The minimum atomic E-state index is 0.0960. The molecule has 0 aliphatic rings. The fourth-order valence-corrected chi connectivity index (χ4v) is 2.10. The summed E-state index contributed by atoms with van der Waals surface area (Å²) in [6.07, 6.45) is 9.07. The number of nitrogens with zero attached hydrogens (tertiary/aromatic N) is 4. The summed E-state index contributed by atoms with van der Waals surface area (Å²) in [5.74, 6) is 1.56. The third kappa shape index (κ3) is 3.05. The monoisotopic (exact) mass is 280 g/mol. The summed E-state index contributed by atoms with van der Waals surface area (Å²) in [7, 11) is 0. The molecule has 0 aromatic carbocycles. The number of H-pyrrole nitrogens is 1. The number of hydrogen-bond acceptors (Lipinski definition) is 5. The molecule has 3 aromatic heterocycles. The zero-order valence-electron chi connectivity index (χ0n) is 11.9. The molecule has 106 valence electrons. The normalized spacial score (nSPS) is 12.1. The van der Waals surface area contributed by atoms with Crippen molar-refractivity contribution in [2.75, 3.05) is 5.32 Å². The van der Waals surface area contributed by atoms with Crippen LogP contribution < -0.4 is 5.32 Å². The lowest BCUT2D eigenvalue weighted by atomic mass is 10.1. The number of aromatic amines is 1. The molecule has 0 radical (unpaired) electrons. The second-order valence-corrected chi connectivity index (χ2v) is 4.85. The maximum atomic E-state index is 4.35. The number of pyridine rings is 1. The Balaban J connectivity index is 1.81. The first-order valence-corrected chi connectivity index (χ1v) is 6.72. The molecule has 3 rings (SSSR count). The van der Waals surface area contributed by atoms with Crippen LogP contribution in [0, 0.1) is 6.92 Å². The summed E-state index contributed by atoms with van der Waals surface area (Å²) in [4.78, 5) is 12.8. The van der Waals surface area contributed by atoms with E-state index in [4.69, 9.17) is 0 Å². The quantitative estimate of drug-likeness (QED) is 0.768. The molecular formula is C15H16N6. The molecule has 1 atom stereocenters. The maximum absolute atomic E-state index is 4.35. The van der Waals surface area contributed by atoms with E-state index < -0.39 is 0 Å². The van der Waals surface area contributed by atoms with E-state index in [1.807, 2.05) is 31.6 Å². The smallest absolute Gasteiger partial charge is 0.130 e.